The predicted molar refractivity (Wildman–Crippen MR) is 90.5 cm³/mol. The Kier molecular flexibility index (Phi) is 4.47. The Morgan fingerprint density at radius 3 is 2.71 bits per heavy atom. The first-order valence-corrected chi connectivity index (χ1v) is 7.51. The van der Waals surface area contributed by atoms with E-state index in [1.165, 1.54) is 29.1 Å². The van der Waals surface area contributed by atoms with Gasteiger partial charge in [0.15, 0.2) is 11.6 Å². The number of nitrogens with one attached hydrogen (secondary N) is 1. The van der Waals surface area contributed by atoms with Crippen LogP contribution in [0.1, 0.15) is 15.9 Å². The maximum absolute atomic E-state index is 12.4. The maximum atomic E-state index is 12.4. The molecule has 2 heterocycles. The van der Waals surface area contributed by atoms with Gasteiger partial charge in [0.05, 0.1) is 16.2 Å². The Morgan fingerprint density at radius 1 is 1.21 bits per heavy atom. The lowest BCUT2D eigenvalue weighted by molar-refractivity contribution is 0.102. The molecule has 2 aromatic heterocycles. The van der Waals surface area contributed by atoms with Crippen LogP contribution < -0.4 is 5.32 Å². The second-order valence-electron chi connectivity index (χ2n) is 4.70. The minimum Gasteiger partial charge on any atom is -0.305 e. The first kappa shape index (κ1) is 16.0. The van der Waals surface area contributed by atoms with Gasteiger partial charge in [-0.25, -0.2) is 4.98 Å². The highest BCUT2D eigenvalue weighted by Gasteiger charge is 2.17. The summed E-state index contributed by atoms with van der Waals surface area (Å²) in [5.41, 5.74) is 0.524. The molecule has 0 aliphatic rings. The smallest absolute Gasteiger partial charge is 0.256 e. The summed E-state index contributed by atoms with van der Waals surface area (Å²) < 4.78 is 1.38. The summed E-state index contributed by atoms with van der Waals surface area (Å²) >= 11 is 11.8. The number of aromatic nitrogens is 3. The summed E-state index contributed by atoms with van der Waals surface area (Å²) in [6.45, 7) is 0. The molecule has 8 heteroatoms. The van der Waals surface area contributed by atoms with Gasteiger partial charge in [-0.15, -0.1) is 0 Å². The quantitative estimate of drug-likeness (QED) is 0.774. The zero-order chi connectivity index (χ0) is 17.1. The Bertz CT molecular complexity index is 947. The standard InChI is InChI=1S/C16H9Cl2N5O/c17-12-5-4-10(7-13(12)18)16(24)22-15-11(8-19)9-21-23(15)14-3-1-2-6-20-14/h1-7,9H,(H,22,24). The Labute approximate surface area is 147 Å². The van der Waals surface area contributed by atoms with Crippen molar-refractivity contribution >= 4 is 34.9 Å². The van der Waals surface area contributed by atoms with Gasteiger partial charge in [-0.3, -0.25) is 4.79 Å². The number of nitrogens with zero attached hydrogens (tertiary/aromatic N) is 4. The highest BCUT2D eigenvalue weighted by molar-refractivity contribution is 6.42. The molecule has 0 radical (unpaired) electrons. The fourth-order valence-electron chi connectivity index (χ4n) is 2.02. The van der Waals surface area contributed by atoms with E-state index in [4.69, 9.17) is 23.2 Å². The molecule has 0 aliphatic heterocycles. The fourth-order valence-corrected chi connectivity index (χ4v) is 2.32. The van der Waals surface area contributed by atoms with Crippen molar-refractivity contribution in [2.24, 2.45) is 0 Å². The highest BCUT2D eigenvalue weighted by atomic mass is 35.5. The van der Waals surface area contributed by atoms with Crippen molar-refractivity contribution in [1.29, 1.82) is 5.26 Å². The molecule has 3 rings (SSSR count). The molecule has 0 unspecified atom stereocenters. The Hall–Kier alpha value is -2.88. The van der Waals surface area contributed by atoms with Crippen LogP contribution in [-0.2, 0) is 0 Å². The maximum Gasteiger partial charge on any atom is 0.256 e. The van der Waals surface area contributed by atoms with Crippen molar-refractivity contribution in [1.82, 2.24) is 14.8 Å². The molecule has 0 aliphatic carbocycles. The summed E-state index contributed by atoms with van der Waals surface area (Å²) in [7, 11) is 0. The lowest BCUT2D eigenvalue weighted by Gasteiger charge is -2.09. The zero-order valence-corrected chi connectivity index (χ0v) is 13.6. The largest absolute Gasteiger partial charge is 0.305 e. The van der Waals surface area contributed by atoms with Crippen LogP contribution in [-0.4, -0.2) is 20.7 Å². The third-order valence-electron chi connectivity index (χ3n) is 3.17. The number of hydrogen-bond donors (Lipinski definition) is 1. The van der Waals surface area contributed by atoms with E-state index in [0.29, 0.717) is 16.4 Å². The molecule has 0 spiro atoms. The van der Waals surface area contributed by atoms with Gasteiger partial charge in [0.2, 0.25) is 0 Å². The molecule has 0 bridgehead atoms. The number of nitriles is 1. The number of rotatable bonds is 3. The summed E-state index contributed by atoms with van der Waals surface area (Å²) in [6, 6.07) is 11.8. The minimum absolute atomic E-state index is 0.217. The van der Waals surface area contributed by atoms with Crippen LogP contribution in [0.2, 0.25) is 10.0 Å². The second-order valence-corrected chi connectivity index (χ2v) is 5.52. The Morgan fingerprint density at radius 2 is 2.04 bits per heavy atom. The summed E-state index contributed by atoms with van der Waals surface area (Å²) in [6.07, 6.45) is 2.95. The van der Waals surface area contributed by atoms with E-state index >= 15 is 0 Å². The van der Waals surface area contributed by atoms with Gasteiger partial charge in [0.25, 0.3) is 5.91 Å². The van der Waals surface area contributed by atoms with Crippen LogP contribution in [0.3, 0.4) is 0 Å². The first-order valence-electron chi connectivity index (χ1n) is 6.76. The third kappa shape index (κ3) is 3.08. The summed E-state index contributed by atoms with van der Waals surface area (Å²) in [4.78, 5) is 16.6. The topological polar surface area (TPSA) is 83.6 Å². The number of halogens is 2. The van der Waals surface area contributed by atoms with Crippen molar-refractivity contribution in [3.05, 3.63) is 70.0 Å². The molecule has 6 nitrogen and oxygen atoms in total. The molecule has 1 N–H and O–H groups in total. The molecule has 0 fully saturated rings. The summed E-state index contributed by atoms with van der Waals surface area (Å²) in [5.74, 6) is 0.262. The van der Waals surface area contributed by atoms with E-state index in [-0.39, 0.29) is 16.4 Å². The molecular formula is C16H9Cl2N5O. The monoisotopic (exact) mass is 357 g/mol. The first-order chi connectivity index (χ1) is 11.6. The van der Waals surface area contributed by atoms with Crippen molar-refractivity contribution in [3.8, 4) is 11.9 Å². The average Bonchev–Trinajstić information content (AvgIpc) is 3.00. The molecule has 0 saturated heterocycles. The minimum atomic E-state index is -0.442. The normalized spacial score (nSPS) is 10.2. The lowest BCUT2D eigenvalue weighted by atomic mass is 10.2. The summed E-state index contributed by atoms with van der Waals surface area (Å²) in [5, 5.41) is 16.6. The van der Waals surface area contributed by atoms with Crippen molar-refractivity contribution in [2.45, 2.75) is 0 Å². The lowest BCUT2D eigenvalue weighted by Crippen LogP contribution is -2.16. The van der Waals surface area contributed by atoms with E-state index in [0.717, 1.165) is 0 Å². The molecule has 118 valence electrons. The van der Waals surface area contributed by atoms with Gasteiger partial charge < -0.3 is 5.32 Å². The van der Waals surface area contributed by atoms with Crippen LogP contribution in [0.25, 0.3) is 5.82 Å². The molecule has 1 amide bonds. The van der Waals surface area contributed by atoms with Crippen molar-refractivity contribution < 1.29 is 4.79 Å². The zero-order valence-electron chi connectivity index (χ0n) is 12.1. The second kappa shape index (κ2) is 6.71. The fraction of sp³-hybridized carbons (Fsp3) is 0. The number of amides is 1. The van der Waals surface area contributed by atoms with E-state index in [1.54, 1.807) is 24.4 Å². The number of carbonyl (C=O) groups excluding carboxylic acids is 1. The van der Waals surface area contributed by atoms with Gasteiger partial charge in [0.1, 0.15) is 11.6 Å². The molecule has 0 atom stereocenters. The number of hydrogen-bond acceptors (Lipinski definition) is 4. The van der Waals surface area contributed by atoms with E-state index in [9.17, 15) is 10.1 Å². The predicted octanol–water partition coefficient (Wildman–Crippen LogP) is 3.70. The molecule has 24 heavy (non-hydrogen) atoms. The van der Waals surface area contributed by atoms with Gasteiger partial charge in [-0.1, -0.05) is 29.3 Å². The van der Waals surface area contributed by atoms with Gasteiger partial charge in [-0.05, 0) is 30.3 Å². The molecule has 1 aromatic carbocycles. The van der Waals surface area contributed by atoms with Crippen LogP contribution in [0, 0.1) is 11.3 Å². The molecule has 0 saturated carbocycles. The molecular weight excluding hydrogens is 349 g/mol. The average molecular weight is 358 g/mol. The number of pyridine rings is 1. The van der Waals surface area contributed by atoms with Crippen LogP contribution in [0.4, 0.5) is 5.82 Å². The van der Waals surface area contributed by atoms with Gasteiger partial charge in [-0.2, -0.15) is 15.0 Å². The SMILES string of the molecule is N#Cc1cnn(-c2ccccn2)c1NC(=O)c1ccc(Cl)c(Cl)c1. The van der Waals surface area contributed by atoms with E-state index in [2.05, 4.69) is 15.4 Å². The third-order valence-corrected chi connectivity index (χ3v) is 3.91. The highest BCUT2D eigenvalue weighted by Crippen LogP contribution is 2.24. The number of anilines is 1. The van der Waals surface area contributed by atoms with Crippen LogP contribution in [0.15, 0.2) is 48.8 Å². The molecule has 3 aromatic rings. The van der Waals surface area contributed by atoms with E-state index in [1.807, 2.05) is 6.07 Å². The Balaban J connectivity index is 1.97. The van der Waals surface area contributed by atoms with Gasteiger partial charge >= 0.3 is 0 Å². The number of carbonyl (C=O) groups is 1. The number of benzene rings is 1. The van der Waals surface area contributed by atoms with Crippen molar-refractivity contribution in [3.63, 3.8) is 0 Å². The van der Waals surface area contributed by atoms with E-state index < -0.39 is 5.91 Å². The van der Waals surface area contributed by atoms with Gasteiger partial charge in [0, 0.05) is 11.8 Å². The van der Waals surface area contributed by atoms with Crippen LogP contribution in [0.5, 0.6) is 0 Å². The van der Waals surface area contributed by atoms with Crippen molar-refractivity contribution in [2.75, 3.05) is 5.32 Å². The van der Waals surface area contributed by atoms with Crippen LogP contribution >= 0.6 is 23.2 Å².